The Balaban J connectivity index is 0.000000230. The number of rotatable bonds is 7. The van der Waals surface area contributed by atoms with Crippen LogP contribution in [0.2, 0.25) is 0 Å². The van der Waals surface area contributed by atoms with Crippen LogP contribution in [0, 0.1) is 30.3 Å². The van der Waals surface area contributed by atoms with Crippen molar-refractivity contribution < 1.29 is 41.8 Å². The number of furan rings is 1. The van der Waals surface area contributed by atoms with E-state index < -0.39 is 18.6 Å². The fraction of sp³-hybridized carbons (Fsp3) is 0.204. The Kier molecular flexibility index (Phi) is 11.8. The van der Waals surface area contributed by atoms with E-state index in [-0.39, 0.29) is 43.4 Å². The zero-order valence-electron chi connectivity index (χ0n) is 38.5. The first-order valence-electron chi connectivity index (χ1n) is 22.0. The van der Waals surface area contributed by atoms with Crippen LogP contribution < -0.4 is 0 Å². The number of aryl methyl sites for hydroxylation is 1. The van der Waals surface area contributed by atoms with Gasteiger partial charge >= 0.3 is 6.18 Å². The van der Waals surface area contributed by atoms with Gasteiger partial charge in [-0.15, -0.1) is 48.0 Å². The van der Waals surface area contributed by atoms with Crippen LogP contribution in [0.15, 0.2) is 132 Å². The summed E-state index contributed by atoms with van der Waals surface area (Å²) in [6.45, 7) is 10.4. The topological polar surface area (TPSA) is 67.6 Å². The van der Waals surface area contributed by atoms with Gasteiger partial charge in [-0.2, -0.15) is 18.4 Å². The van der Waals surface area contributed by atoms with Gasteiger partial charge < -0.3 is 14.0 Å². The Morgan fingerprint density at radius 3 is 2.06 bits per heavy atom. The Bertz CT molecular complexity index is 3210. The molecule has 0 bridgehead atoms. The third kappa shape index (κ3) is 8.71. The van der Waals surface area contributed by atoms with Crippen molar-refractivity contribution in [2.45, 2.75) is 72.3 Å². The van der Waals surface area contributed by atoms with E-state index >= 15 is 0 Å². The van der Waals surface area contributed by atoms with E-state index in [2.05, 4.69) is 116 Å². The number of alkyl halides is 3. The van der Waals surface area contributed by atoms with Crippen molar-refractivity contribution >= 4 is 33.0 Å². The van der Waals surface area contributed by atoms with E-state index in [9.17, 15) is 18.4 Å². The van der Waals surface area contributed by atoms with Crippen molar-refractivity contribution in [3.8, 4) is 45.5 Å². The molecule has 63 heavy (non-hydrogen) atoms. The van der Waals surface area contributed by atoms with Crippen LogP contribution in [-0.2, 0) is 26.3 Å². The summed E-state index contributed by atoms with van der Waals surface area (Å²) in [6.07, 6.45) is -3.15. The summed E-state index contributed by atoms with van der Waals surface area (Å²) in [7, 11) is 0. The van der Waals surface area contributed by atoms with Gasteiger partial charge in [-0.25, -0.2) is 0 Å². The number of imidazole rings is 1. The van der Waals surface area contributed by atoms with Gasteiger partial charge in [0.15, 0.2) is 0 Å². The number of nitrogens with zero attached hydrogens (tertiary/aromatic N) is 4. The number of halogens is 3. The first-order chi connectivity index (χ1) is 31.0. The Labute approximate surface area is 383 Å². The number of hydrogen-bond donors (Lipinski definition) is 0. The largest absolute Gasteiger partial charge is 0.499 e. The summed E-state index contributed by atoms with van der Waals surface area (Å²) in [6, 6.07) is 46.2. The van der Waals surface area contributed by atoms with Crippen molar-refractivity contribution in [1.29, 1.82) is 5.26 Å². The molecular weight excluding hydrogens is 970 g/mol. The maximum Gasteiger partial charge on any atom is 0.381 e. The number of benzene rings is 6. The molecule has 0 aliphatic carbocycles. The first-order valence-corrected chi connectivity index (χ1v) is 20.5. The third-order valence-corrected chi connectivity index (χ3v) is 11.1. The molecule has 9 rings (SSSR count). The molecule has 3 heterocycles. The molecule has 0 unspecified atom stereocenters. The quantitative estimate of drug-likeness (QED) is 0.149. The molecule has 0 fully saturated rings. The molecule has 0 amide bonds. The van der Waals surface area contributed by atoms with Crippen molar-refractivity contribution in [3.05, 3.63) is 173 Å². The predicted octanol–water partition coefficient (Wildman–Crippen LogP) is 15.2. The fourth-order valence-corrected chi connectivity index (χ4v) is 7.91. The van der Waals surface area contributed by atoms with Crippen LogP contribution in [0.1, 0.15) is 96.8 Å². The van der Waals surface area contributed by atoms with Crippen molar-refractivity contribution in [2.75, 3.05) is 0 Å². The summed E-state index contributed by atoms with van der Waals surface area (Å²) in [5.74, 6) is 1.25. The molecule has 9 heteroatoms. The minimum atomic E-state index is -4.42. The number of pyridine rings is 1. The monoisotopic (exact) mass is 1020 g/mol. The average Bonchev–Trinajstić information content (AvgIpc) is 3.87. The predicted molar refractivity (Wildman–Crippen MR) is 243 cm³/mol. The minimum absolute atomic E-state index is 0. The van der Waals surface area contributed by atoms with Crippen molar-refractivity contribution in [3.63, 3.8) is 0 Å². The summed E-state index contributed by atoms with van der Waals surface area (Å²) in [5.41, 5.74) is 11.4. The molecule has 5 nitrogen and oxygen atoms in total. The molecule has 0 aliphatic heterocycles. The second-order valence-electron chi connectivity index (χ2n) is 16.2. The van der Waals surface area contributed by atoms with E-state index in [1.165, 1.54) is 34.5 Å². The third-order valence-electron chi connectivity index (χ3n) is 11.1. The first kappa shape index (κ1) is 40.7. The second-order valence-corrected chi connectivity index (χ2v) is 16.2. The van der Waals surface area contributed by atoms with Crippen LogP contribution in [0.3, 0.4) is 0 Å². The zero-order valence-corrected chi connectivity index (χ0v) is 37.9. The van der Waals surface area contributed by atoms with Crippen LogP contribution >= 0.6 is 0 Å². The minimum Gasteiger partial charge on any atom is -0.499 e. The second kappa shape index (κ2) is 18.2. The number of aromatic nitrogens is 3. The zero-order chi connectivity index (χ0) is 46.4. The summed E-state index contributed by atoms with van der Waals surface area (Å²) >= 11 is 0. The van der Waals surface area contributed by atoms with Crippen LogP contribution in [-0.4, -0.2) is 14.5 Å². The molecule has 6 aromatic carbocycles. The molecule has 0 aliphatic rings. The molecule has 9 aromatic rings. The van der Waals surface area contributed by atoms with Crippen LogP contribution in [0.25, 0.3) is 72.4 Å². The van der Waals surface area contributed by atoms with Crippen LogP contribution in [0.5, 0.6) is 0 Å². The standard InChI is InChI=1S/C38H30N3O.C16H15F3N.Ir/c1-23(2)31-20-27(25-12-6-5-7-13-25)21-32(24(3)4)35(31)41-34-19-9-8-18-33(34)40-38(41)30-17-11-16-29-28-15-10-14-26(22-39)36(28)42-37(29)30;1-10(2)14-8-15(20-9-11(14)3)12-4-6-13(7-5-12)16(17,18)19;/h5-16,18-21,23-24H,1-4H3;4,6-10H,1-3H3;/q2*-1;/i;3D3;. The maximum atomic E-state index is 12.6. The van der Waals surface area contributed by atoms with Crippen molar-refractivity contribution in [2.24, 2.45) is 0 Å². The maximum absolute atomic E-state index is 12.6. The SMILES string of the molecule is CC(C)c1cc(-c2ccccc2)cc(C(C)C)c1-n1c(-c2[c-]ccc3c2oc2c(C#N)cccc23)nc2ccccc21.[2H]C([2H])([2H])c1cnc(-c2[c-]cc(C(F)(F)F)cc2)cc1C(C)C.[Ir]. The molecule has 0 atom stereocenters. The molecule has 319 valence electrons. The van der Waals surface area contributed by atoms with E-state index in [1.54, 1.807) is 12.1 Å². The molecule has 3 aromatic heterocycles. The number of para-hydroxylation sites is 3. The molecule has 0 saturated heterocycles. The van der Waals surface area contributed by atoms with Gasteiger partial charge in [0.1, 0.15) is 11.7 Å². The van der Waals surface area contributed by atoms with Gasteiger partial charge in [0.2, 0.25) is 0 Å². The van der Waals surface area contributed by atoms with Crippen LogP contribution in [0.4, 0.5) is 13.2 Å². The number of fused-ring (bicyclic) bond motifs is 4. The molecular formula is C54H45F3IrN4O-2. The average molecular weight is 1020 g/mol. The Hall–Kier alpha value is -6.33. The van der Waals surface area contributed by atoms with E-state index in [0.717, 1.165) is 51.0 Å². The normalized spacial score (nSPS) is 12.5. The van der Waals surface area contributed by atoms with E-state index in [1.807, 2.05) is 44.2 Å². The van der Waals surface area contributed by atoms with Gasteiger partial charge in [0.25, 0.3) is 0 Å². The molecule has 0 spiro atoms. The molecule has 1 radical (unpaired) electrons. The Morgan fingerprint density at radius 1 is 0.746 bits per heavy atom. The Morgan fingerprint density at radius 2 is 1.43 bits per heavy atom. The van der Waals surface area contributed by atoms with Crippen molar-refractivity contribution in [1.82, 2.24) is 14.5 Å². The van der Waals surface area contributed by atoms with Gasteiger partial charge in [0.05, 0.1) is 28.0 Å². The van der Waals surface area contributed by atoms with E-state index in [4.69, 9.17) is 13.5 Å². The molecule has 0 N–H and O–H groups in total. The van der Waals surface area contributed by atoms with Gasteiger partial charge in [0, 0.05) is 41.5 Å². The smallest absolute Gasteiger partial charge is 0.381 e. The number of nitriles is 1. The summed E-state index contributed by atoms with van der Waals surface area (Å²) < 4.78 is 69.1. The summed E-state index contributed by atoms with van der Waals surface area (Å²) in [4.78, 5) is 9.29. The van der Waals surface area contributed by atoms with Gasteiger partial charge in [-0.3, -0.25) is 4.98 Å². The summed E-state index contributed by atoms with van der Waals surface area (Å²) in [5, 5.41) is 11.6. The number of hydrogen-bond acceptors (Lipinski definition) is 4. The van der Waals surface area contributed by atoms with E-state index in [0.29, 0.717) is 33.6 Å². The fourth-order valence-electron chi connectivity index (χ4n) is 7.91. The van der Waals surface area contributed by atoms with Gasteiger partial charge in [-0.05, 0) is 99.6 Å². The van der Waals surface area contributed by atoms with Gasteiger partial charge in [-0.1, -0.05) is 113 Å². The molecule has 0 saturated carbocycles.